The molecule has 1 saturated carbocycles. The number of alkyl halides is 1. The normalized spacial score (nSPS) is 15.2. The summed E-state index contributed by atoms with van der Waals surface area (Å²) in [5.41, 5.74) is 3.11. The van der Waals surface area contributed by atoms with Gasteiger partial charge in [-0.3, -0.25) is 9.59 Å². The van der Waals surface area contributed by atoms with Crippen molar-refractivity contribution in [2.24, 2.45) is 0 Å². The van der Waals surface area contributed by atoms with Crippen molar-refractivity contribution in [1.82, 2.24) is 0 Å². The Hall–Kier alpha value is -1.66. The van der Waals surface area contributed by atoms with Gasteiger partial charge in [-0.05, 0) is 64.2 Å². The van der Waals surface area contributed by atoms with Crippen LogP contribution in [0, 0.1) is 0 Å². The third-order valence-electron chi connectivity index (χ3n) is 5.65. The molecule has 1 spiro atoms. The Kier molecular flexibility index (Phi) is 9.31. The summed E-state index contributed by atoms with van der Waals surface area (Å²) >= 11 is 6.87. The smallest absolute Gasteiger partial charge is 0.238 e. The van der Waals surface area contributed by atoms with Crippen LogP contribution in [0.3, 0.4) is 0 Å². The predicted molar refractivity (Wildman–Crippen MR) is 135 cm³/mol. The number of methoxy groups -OCH3 is 1. The van der Waals surface area contributed by atoms with Crippen molar-refractivity contribution in [1.29, 1.82) is 0 Å². The number of halogens is 2. The molecule has 0 atom stereocenters. The molecule has 1 fully saturated rings. The molecule has 31 heavy (non-hydrogen) atoms. The number of anilines is 1. The molecule has 0 unspecified atom stereocenters. The van der Waals surface area contributed by atoms with E-state index in [0.717, 1.165) is 46.3 Å². The number of Topliss-reactive ketones (excluding diaryl/α,β-unsaturated/α-hetero) is 1. The number of ketones is 1. The first-order valence-electron chi connectivity index (χ1n) is 10.9. The summed E-state index contributed by atoms with van der Waals surface area (Å²) < 4.78 is 6.02. The minimum absolute atomic E-state index is 0.0222. The van der Waals surface area contributed by atoms with Crippen molar-refractivity contribution >= 4 is 49.2 Å². The topological polar surface area (TPSA) is 46.6 Å². The number of ether oxygens (including phenoxy) is 1. The summed E-state index contributed by atoms with van der Waals surface area (Å²) in [6, 6.07) is 11.5. The highest BCUT2D eigenvalue weighted by molar-refractivity contribution is 9.10. The maximum Gasteiger partial charge on any atom is 0.238 e. The number of fused-ring (bicyclic) bond motifs is 2. The molecule has 0 N–H and O–H groups in total. The van der Waals surface area contributed by atoms with Crippen molar-refractivity contribution in [3.05, 3.63) is 57.6 Å². The fourth-order valence-corrected chi connectivity index (χ4v) is 5.03. The summed E-state index contributed by atoms with van der Waals surface area (Å²) in [6.07, 6.45) is 2.72. The van der Waals surface area contributed by atoms with Crippen LogP contribution in [0.25, 0.3) is 0 Å². The van der Waals surface area contributed by atoms with E-state index in [4.69, 9.17) is 4.74 Å². The maximum absolute atomic E-state index is 13.4. The van der Waals surface area contributed by atoms with E-state index in [-0.39, 0.29) is 17.0 Å². The van der Waals surface area contributed by atoms with Crippen LogP contribution in [0.1, 0.15) is 68.4 Å². The van der Waals surface area contributed by atoms with Gasteiger partial charge in [0.15, 0.2) is 5.78 Å². The van der Waals surface area contributed by atoms with Gasteiger partial charge in [-0.25, -0.2) is 0 Å². The minimum Gasteiger partial charge on any atom is -0.497 e. The van der Waals surface area contributed by atoms with Crippen LogP contribution in [0.5, 0.6) is 5.75 Å². The number of hydrogen-bond acceptors (Lipinski definition) is 3. The Morgan fingerprint density at radius 1 is 1.10 bits per heavy atom. The lowest BCUT2D eigenvalue weighted by Gasteiger charge is -2.37. The Morgan fingerprint density at radius 2 is 1.71 bits per heavy atom. The van der Waals surface area contributed by atoms with E-state index in [1.807, 2.05) is 69.0 Å². The van der Waals surface area contributed by atoms with Gasteiger partial charge in [-0.1, -0.05) is 62.2 Å². The molecular weight excluding hydrogens is 522 g/mol. The molecule has 1 heterocycles. The Labute approximate surface area is 202 Å². The van der Waals surface area contributed by atoms with Gasteiger partial charge in [0.25, 0.3) is 0 Å². The van der Waals surface area contributed by atoms with Gasteiger partial charge in [-0.2, -0.15) is 0 Å². The maximum atomic E-state index is 13.4. The summed E-state index contributed by atoms with van der Waals surface area (Å²) in [4.78, 5) is 27.5. The van der Waals surface area contributed by atoms with Gasteiger partial charge in [0, 0.05) is 10.0 Å². The average molecular weight is 553 g/mol. The van der Waals surface area contributed by atoms with Crippen molar-refractivity contribution in [3.63, 3.8) is 0 Å². The number of carbonyl (C=O) groups is 2. The van der Waals surface area contributed by atoms with Crippen LogP contribution in [-0.2, 0) is 16.8 Å². The molecule has 4 nitrogen and oxygen atoms in total. The second kappa shape index (κ2) is 11.3. The quantitative estimate of drug-likeness (QED) is 0.295. The van der Waals surface area contributed by atoms with E-state index >= 15 is 0 Å². The highest BCUT2D eigenvalue weighted by Crippen LogP contribution is 2.56. The van der Waals surface area contributed by atoms with Crippen LogP contribution in [-0.4, -0.2) is 24.1 Å². The largest absolute Gasteiger partial charge is 0.497 e. The van der Waals surface area contributed by atoms with Gasteiger partial charge in [-0.15, -0.1) is 0 Å². The first-order valence-corrected chi connectivity index (χ1v) is 12.8. The molecule has 4 rings (SSSR count). The van der Waals surface area contributed by atoms with Crippen LogP contribution in [0.15, 0.2) is 40.9 Å². The summed E-state index contributed by atoms with van der Waals surface area (Å²) in [6.45, 7) is 8.50. The SMILES string of the molecule is CC.CC.COc1ccc(CN2C(=O)C3(CCC3)c3cc(C(=O)CBr)cc(Br)c32)cc1. The lowest BCUT2D eigenvalue weighted by Crippen LogP contribution is -2.44. The molecular formula is C25H31Br2NO3. The average Bonchev–Trinajstić information content (AvgIpc) is 3.04. The fraction of sp³-hybridized carbons (Fsp3) is 0.440. The molecule has 2 aliphatic rings. The molecule has 1 amide bonds. The molecule has 1 aliphatic heterocycles. The molecule has 0 aromatic heterocycles. The molecule has 0 saturated heterocycles. The van der Waals surface area contributed by atoms with E-state index in [1.165, 1.54) is 0 Å². The van der Waals surface area contributed by atoms with Crippen LogP contribution in [0.4, 0.5) is 5.69 Å². The summed E-state index contributed by atoms with van der Waals surface area (Å²) in [5.74, 6) is 0.958. The number of nitrogens with zero attached hydrogens (tertiary/aromatic N) is 1. The van der Waals surface area contributed by atoms with Crippen LogP contribution in [0.2, 0.25) is 0 Å². The second-order valence-electron chi connectivity index (χ2n) is 7.09. The first-order chi connectivity index (χ1) is 15.0. The lowest BCUT2D eigenvalue weighted by molar-refractivity contribution is -0.126. The van der Waals surface area contributed by atoms with E-state index in [0.29, 0.717) is 12.1 Å². The number of amides is 1. The Balaban J connectivity index is 0.000000807. The van der Waals surface area contributed by atoms with Crippen molar-refractivity contribution in [3.8, 4) is 5.75 Å². The Bertz CT molecular complexity index is 921. The monoisotopic (exact) mass is 551 g/mol. The van der Waals surface area contributed by atoms with Gasteiger partial charge < -0.3 is 9.64 Å². The van der Waals surface area contributed by atoms with Gasteiger partial charge in [0.05, 0.1) is 30.1 Å². The molecule has 2 aromatic rings. The van der Waals surface area contributed by atoms with E-state index < -0.39 is 5.41 Å². The minimum atomic E-state index is -0.465. The zero-order chi connectivity index (χ0) is 23.2. The summed E-state index contributed by atoms with van der Waals surface area (Å²) in [5, 5.41) is 0.273. The molecule has 2 aromatic carbocycles. The van der Waals surface area contributed by atoms with Crippen molar-refractivity contribution in [2.75, 3.05) is 17.3 Å². The Morgan fingerprint density at radius 3 is 2.19 bits per heavy atom. The molecule has 0 bridgehead atoms. The molecule has 0 radical (unpaired) electrons. The molecule has 168 valence electrons. The predicted octanol–water partition coefficient (Wildman–Crippen LogP) is 7.06. The standard InChI is InChI=1S/C21H19Br2NO3.2C2H6/c1-27-15-5-3-13(4-6-15)12-24-19-16(21(20(24)26)7-2-8-21)9-14(10-17(19)23)18(25)11-22;2*1-2/h3-6,9-10H,2,7-8,11-12H2,1H3;2*1-2H3. The number of carbonyl (C=O) groups excluding carboxylic acids is 2. The van der Waals surface area contributed by atoms with Crippen LogP contribution >= 0.6 is 31.9 Å². The van der Waals surface area contributed by atoms with Crippen molar-refractivity contribution < 1.29 is 14.3 Å². The van der Waals surface area contributed by atoms with Gasteiger partial charge >= 0.3 is 0 Å². The van der Waals surface area contributed by atoms with E-state index in [9.17, 15) is 9.59 Å². The highest BCUT2D eigenvalue weighted by Gasteiger charge is 2.55. The highest BCUT2D eigenvalue weighted by atomic mass is 79.9. The zero-order valence-corrected chi connectivity index (χ0v) is 22.1. The first kappa shape index (κ1) is 25.6. The number of rotatable bonds is 5. The zero-order valence-electron chi connectivity index (χ0n) is 18.9. The molecule has 6 heteroatoms. The fourth-order valence-electron chi connectivity index (χ4n) is 4.03. The third-order valence-corrected chi connectivity index (χ3v) is 6.77. The van der Waals surface area contributed by atoms with Gasteiger partial charge in [0.2, 0.25) is 5.91 Å². The number of hydrogen-bond donors (Lipinski definition) is 0. The van der Waals surface area contributed by atoms with Crippen LogP contribution < -0.4 is 9.64 Å². The lowest BCUT2D eigenvalue weighted by atomic mass is 9.65. The number of benzene rings is 2. The summed E-state index contributed by atoms with van der Waals surface area (Å²) in [7, 11) is 1.64. The van der Waals surface area contributed by atoms with E-state index in [2.05, 4.69) is 31.9 Å². The second-order valence-corrected chi connectivity index (χ2v) is 8.50. The van der Waals surface area contributed by atoms with Crippen molar-refractivity contribution in [2.45, 2.75) is 58.9 Å². The third kappa shape index (κ3) is 4.75. The van der Waals surface area contributed by atoms with E-state index in [1.54, 1.807) is 7.11 Å². The molecule has 1 aliphatic carbocycles. The van der Waals surface area contributed by atoms with Gasteiger partial charge in [0.1, 0.15) is 5.75 Å².